The van der Waals surface area contributed by atoms with Crippen LogP contribution in [0.3, 0.4) is 0 Å². The summed E-state index contributed by atoms with van der Waals surface area (Å²) in [4.78, 5) is 58.4. The molecule has 0 unspecified atom stereocenters. The van der Waals surface area contributed by atoms with Gasteiger partial charge in [-0.3, -0.25) is 9.59 Å². The number of methoxy groups -OCH3 is 1. The number of hydrogen-bond donors (Lipinski definition) is 0. The highest BCUT2D eigenvalue weighted by atomic mass is 19.1. The lowest BCUT2D eigenvalue weighted by atomic mass is 9.76. The number of hydrogen-bond acceptors (Lipinski definition) is 12. The Bertz CT molecular complexity index is 1640. The smallest absolute Gasteiger partial charge is 0.338 e. The molecule has 56 heavy (non-hydrogen) atoms. The van der Waals surface area contributed by atoms with Gasteiger partial charge in [0.25, 0.3) is 0 Å². The third-order valence-electron chi connectivity index (χ3n) is 11.1. The first-order valence-corrected chi connectivity index (χ1v) is 19.2. The highest BCUT2D eigenvalue weighted by Gasteiger charge is 2.51. The van der Waals surface area contributed by atoms with E-state index in [4.69, 9.17) is 28.4 Å². The Labute approximate surface area is 329 Å². The van der Waals surface area contributed by atoms with Crippen LogP contribution in [0.2, 0.25) is 0 Å². The van der Waals surface area contributed by atoms with Gasteiger partial charge in [0.2, 0.25) is 0 Å². The molecule has 2 aromatic carbocycles. The minimum absolute atomic E-state index is 0.0280. The van der Waals surface area contributed by atoms with Crippen LogP contribution >= 0.6 is 0 Å². The third-order valence-corrected chi connectivity index (χ3v) is 11.1. The summed E-state index contributed by atoms with van der Waals surface area (Å²) < 4.78 is 64.8. The van der Waals surface area contributed by atoms with Crippen molar-refractivity contribution >= 4 is 23.7 Å². The van der Waals surface area contributed by atoms with Crippen LogP contribution < -0.4 is 0 Å². The van der Waals surface area contributed by atoms with Crippen molar-refractivity contribution in [2.24, 2.45) is 23.7 Å². The minimum atomic E-state index is -1.30. The summed E-state index contributed by atoms with van der Waals surface area (Å²) in [6, 6.07) is 9.70. The number of cyclic esters (lactones) is 1. The predicted molar refractivity (Wildman–Crippen MR) is 203 cm³/mol. The molecule has 0 amide bonds. The van der Waals surface area contributed by atoms with Crippen LogP contribution in [-0.2, 0) is 38.0 Å². The maximum atomic E-state index is 14.2. The van der Waals surface area contributed by atoms with Gasteiger partial charge in [0.15, 0.2) is 18.2 Å². The van der Waals surface area contributed by atoms with Crippen LogP contribution in [0.25, 0.3) is 0 Å². The lowest BCUT2D eigenvalue weighted by molar-refractivity contribution is -0.295. The zero-order chi connectivity index (χ0) is 41.5. The molecule has 2 fully saturated rings. The van der Waals surface area contributed by atoms with Crippen LogP contribution in [-0.4, -0.2) is 124 Å². The average molecular weight is 789 g/mol. The van der Waals surface area contributed by atoms with Gasteiger partial charge in [-0.15, -0.1) is 0 Å². The molecule has 310 valence electrons. The van der Waals surface area contributed by atoms with Crippen molar-refractivity contribution in [2.75, 3.05) is 47.9 Å². The highest BCUT2D eigenvalue weighted by Crippen LogP contribution is 2.39. The summed E-state index contributed by atoms with van der Waals surface area (Å²) in [5, 5.41) is 0. The van der Waals surface area contributed by atoms with E-state index < -0.39 is 89.3 Å². The average Bonchev–Trinajstić information content (AvgIpc) is 3.15. The van der Waals surface area contributed by atoms with E-state index in [1.807, 2.05) is 51.7 Å². The Hall–Kier alpha value is -3.82. The van der Waals surface area contributed by atoms with Crippen LogP contribution in [0.4, 0.5) is 8.78 Å². The van der Waals surface area contributed by atoms with Crippen molar-refractivity contribution < 1.29 is 56.4 Å². The Morgan fingerprint density at radius 1 is 0.857 bits per heavy atom. The molecule has 11 atom stereocenters. The van der Waals surface area contributed by atoms with E-state index in [0.29, 0.717) is 19.5 Å². The third kappa shape index (κ3) is 11.2. The molecule has 12 nitrogen and oxygen atoms in total. The Kier molecular flexibility index (Phi) is 15.7. The van der Waals surface area contributed by atoms with Crippen LogP contribution in [0.5, 0.6) is 0 Å². The fourth-order valence-electron chi connectivity index (χ4n) is 7.89. The summed E-state index contributed by atoms with van der Waals surface area (Å²) in [5.41, 5.74) is -0.984. The van der Waals surface area contributed by atoms with Gasteiger partial charge >= 0.3 is 17.9 Å². The van der Waals surface area contributed by atoms with E-state index in [-0.39, 0.29) is 36.2 Å². The molecule has 2 heterocycles. The summed E-state index contributed by atoms with van der Waals surface area (Å²) in [6.45, 7) is 11.5. The number of halogens is 2. The number of esters is 3. The van der Waals surface area contributed by atoms with E-state index in [2.05, 4.69) is 0 Å². The number of ether oxygens (including phenoxy) is 6. The molecule has 0 N–H and O–H groups in total. The van der Waals surface area contributed by atoms with Crippen molar-refractivity contribution in [3.63, 3.8) is 0 Å². The molecule has 0 spiro atoms. The summed E-state index contributed by atoms with van der Waals surface area (Å²) in [7, 11) is 7.03. The van der Waals surface area contributed by atoms with Crippen LogP contribution in [0, 0.1) is 35.3 Å². The maximum Gasteiger partial charge on any atom is 0.338 e. The largest absolute Gasteiger partial charge is 0.464 e. The fraction of sp³-hybridized carbons (Fsp3) is 0.619. The number of carbonyl (C=O) groups excluding carboxylic acids is 4. The fourth-order valence-corrected chi connectivity index (χ4v) is 7.89. The molecule has 4 rings (SSSR count). The van der Waals surface area contributed by atoms with Gasteiger partial charge in [0.1, 0.15) is 30.3 Å². The van der Waals surface area contributed by atoms with Crippen molar-refractivity contribution in [2.45, 2.75) is 96.7 Å². The second-order valence-electron chi connectivity index (χ2n) is 15.9. The predicted octanol–water partition coefficient (Wildman–Crippen LogP) is 5.56. The molecule has 0 radical (unpaired) electrons. The van der Waals surface area contributed by atoms with Crippen molar-refractivity contribution in [3.8, 4) is 0 Å². The molecule has 2 aliphatic rings. The van der Waals surface area contributed by atoms with E-state index >= 15 is 0 Å². The Morgan fingerprint density at radius 2 is 1.39 bits per heavy atom. The number of ketones is 1. The van der Waals surface area contributed by atoms with E-state index in [1.54, 1.807) is 13.8 Å². The molecule has 14 heteroatoms. The first kappa shape index (κ1) is 44.9. The van der Waals surface area contributed by atoms with E-state index in [0.717, 1.165) is 12.1 Å². The van der Waals surface area contributed by atoms with Gasteiger partial charge in [0.05, 0.1) is 35.0 Å². The number of likely N-dealkylation sites (N-methyl/N-ethyl adjacent to an activating group) is 2. The van der Waals surface area contributed by atoms with Gasteiger partial charge in [-0.25, -0.2) is 18.4 Å². The molecule has 2 aliphatic heterocycles. The normalized spacial score (nSPS) is 32.9. The van der Waals surface area contributed by atoms with Gasteiger partial charge in [-0.2, -0.15) is 0 Å². The second-order valence-corrected chi connectivity index (χ2v) is 15.9. The van der Waals surface area contributed by atoms with Gasteiger partial charge < -0.3 is 38.2 Å². The van der Waals surface area contributed by atoms with Crippen molar-refractivity contribution in [1.82, 2.24) is 9.80 Å². The van der Waals surface area contributed by atoms with Crippen LogP contribution in [0.15, 0.2) is 48.5 Å². The van der Waals surface area contributed by atoms with Gasteiger partial charge in [-0.05, 0) is 109 Å². The van der Waals surface area contributed by atoms with Crippen molar-refractivity contribution in [1.29, 1.82) is 0 Å². The first-order chi connectivity index (χ1) is 26.3. The number of Topliss-reactive ketones (excluding diaryl/α,β-unsaturated/α-hetero) is 1. The minimum Gasteiger partial charge on any atom is -0.464 e. The zero-order valence-electron chi connectivity index (χ0n) is 34.2. The van der Waals surface area contributed by atoms with Crippen LogP contribution in [0.1, 0.15) is 75.1 Å². The quantitative estimate of drug-likeness (QED) is 0.189. The molecule has 2 saturated heterocycles. The lowest BCUT2D eigenvalue weighted by Crippen LogP contribution is -2.60. The van der Waals surface area contributed by atoms with Crippen molar-refractivity contribution in [3.05, 3.63) is 71.3 Å². The summed E-state index contributed by atoms with van der Waals surface area (Å²) in [6.07, 6.45) is -3.74. The molecule has 0 aliphatic carbocycles. The lowest BCUT2D eigenvalue weighted by Gasteiger charge is -2.48. The zero-order valence-corrected chi connectivity index (χ0v) is 34.2. The van der Waals surface area contributed by atoms with E-state index in [9.17, 15) is 28.0 Å². The number of carbonyl (C=O) groups is 4. The molecule has 0 saturated carbocycles. The Morgan fingerprint density at radius 3 is 1.91 bits per heavy atom. The second kappa shape index (κ2) is 19.6. The summed E-state index contributed by atoms with van der Waals surface area (Å²) in [5.74, 6) is -6.29. The SMILES string of the molecule is CO[C@]1(C)C[C@@H](C)[C@H](OC(=O)c2ccc(F)cc2)[C@H](C)CN(C)CCOC(=O)[C@H](C)C(=O)[C@H](C)[C@H]1O[C@@H]1O[C@H](C)C[C@H](N(C)C)[C@H]1OC(=O)c1ccc(F)cc1. The molecular formula is C42H58F2N2O10. The molecule has 0 aromatic heterocycles. The maximum absolute atomic E-state index is 14.2. The first-order valence-electron chi connectivity index (χ1n) is 19.2. The number of benzene rings is 2. The van der Waals surface area contributed by atoms with E-state index in [1.165, 1.54) is 50.4 Å². The van der Waals surface area contributed by atoms with Gasteiger partial charge in [-0.1, -0.05) is 20.8 Å². The molecule has 0 bridgehead atoms. The monoisotopic (exact) mass is 788 g/mol. The number of rotatable bonds is 8. The Balaban J connectivity index is 1.77. The highest BCUT2D eigenvalue weighted by molar-refractivity contribution is 6.00. The molecular weight excluding hydrogens is 730 g/mol. The topological polar surface area (TPSA) is 130 Å². The standard InChI is InChI=1S/C42H58F2N2O10/c1-24-22-42(6,51-10)37(56-41-36(33(45(7)8)21-26(3)53-41)55-40(50)30-13-17-32(44)18-14-30)27(4)34(47)28(5)38(48)52-20-19-46(9)23-25(2)35(24)54-39(49)29-11-15-31(43)16-12-29/h11-18,24-28,33,35-37,41H,19-23H2,1-10H3/t24-,25-,26-,27+,28-,33+,35+,36-,37-,41+,42-/m1/s1. The van der Waals surface area contributed by atoms with Gasteiger partial charge in [0, 0.05) is 32.0 Å². The summed E-state index contributed by atoms with van der Waals surface area (Å²) >= 11 is 0. The molecule has 2 aromatic rings. The number of nitrogens with zero attached hydrogens (tertiary/aromatic N) is 2.